The van der Waals surface area contributed by atoms with E-state index in [9.17, 15) is 13.0 Å². The average Bonchev–Trinajstić information content (AvgIpc) is 1.81. The molecular formula is C5H12NNaO3S. The van der Waals surface area contributed by atoms with Crippen molar-refractivity contribution < 1.29 is 42.5 Å². The summed E-state index contributed by atoms with van der Waals surface area (Å²) in [5.41, 5.74) is 0. The van der Waals surface area contributed by atoms with Crippen LogP contribution in [0, 0.1) is 5.92 Å². The van der Waals surface area contributed by atoms with Gasteiger partial charge in [-0.1, -0.05) is 20.3 Å². The molecule has 1 atom stereocenters. The Morgan fingerprint density at radius 2 is 2.00 bits per heavy atom. The molecular weight excluding hydrogens is 177 g/mol. The van der Waals surface area contributed by atoms with E-state index < -0.39 is 10.3 Å². The van der Waals surface area contributed by atoms with Gasteiger partial charge in [-0.25, -0.2) is 13.1 Å². The van der Waals surface area contributed by atoms with Gasteiger partial charge in [-0.15, -0.1) is 0 Å². The first-order valence-electron chi connectivity index (χ1n) is 3.16. The van der Waals surface area contributed by atoms with Gasteiger partial charge in [-0.3, -0.25) is 0 Å². The largest absolute Gasteiger partial charge is 1.00 e. The monoisotopic (exact) mass is 189 g/mol. The number of hydrogen-bond acceptors (Lipinski definition) is 3. The first kappa shape index (κ1) is 14.4. The van der Waals surface area contributed by atoms with E-state index in [1.165, 1.54) is 0 Å². The fraction of sp³-hybridized carbons (Fsp3) is 1.00. The number of hydrogen-bond donors (Lipinski definition) is 1. The van der Waals surface area contributed by atoms with Gasteiger partial charge in [-0.2, -0.15) is 0 Å². The van der Waals surface area contributed by atoms with Crippen molar-refractivity contribution in [3.05, 3.63) is 0 Å². The first-order chi connectivity index (χ1) is 4.45. The summed E-state index contributed by atoms with van der Waals surface area (Å²) in [6.45, 7) is 4.05. The zero-order chi connectivity index (χ0) is 8.20. The van der Waals surface area contributed by atoms with E-state index in [0.717, 1.165) is 6.42 Å². The zero-order valence-electron chi connectivity index (χ0n) is 7.12. The van der Waals surface area contributed by atoms with Crippen LogP contribution in [0.5, 0.6) is 0 Å². The maximum Gasteiger partial charge on any atom is 1.00 e. The maximum absolute atomic E-state index is 9.98. The van der Waals surface area contributed by atoms with Crippen LogP contribution in [0.25, 0.3) is 0 Å². The predicted octanol–water partition coefficient (Wildman–Crippen LogP) is -2.91. The molecule has 0 aliphatic carbocycles. The Bertz CT molecular complexity index is 180. The van der Waals surface area contributed by atoms with Crippen LogP contribution >= 0.6 is 0 Å². The van der Waals surface area contributed by atoms with E-state index in [1.54, 1.807) is 0 Å². The van der Waals surface area contributed by atoms with E-state index in [0.29, 0.717) is 0 Å². The molecule has 0 rings (SSSR count). The van der Waals surface area contributed by atoms with E-state index >= 15 is 0 Å². The minimum atomic E-state index is -4.23. The molecule has 0 radical (unpaired) electrons. The van der Waals surface area contributed by atoms with Gasteiger partial charge in [0.15, 0.2) is 10.3 Å². The second-order valence-corrected chi connectivity index (χ2v) is 3.51. The Morgan fingerprint density at radius 3 is 2.27 bits per heavy atom. The van der Waals surface area contributed by atoms with Crippen LogP contribution in [-0.4, -0.2) is 19.5 Å². The summed E-state index contributed by atoms with van der Waals surface area (Å²) >= 11 is 0. The van der Waals surface area contributed by atoms with Gasteiger partial charge < -0.3 is 4.55 Å². The first-order valence-corrected chi connectivity index (χ1v) is 4.57. The van der Waals surface area contributed by atoms with Crippen molar-refractivity contribution in [2.75, 3.05) is 6.54 Å². The molecule has 0 aliphatic heterocycles. The van der Waals surface area contributed by atoms with Crippen LogP contribution in [0.3, 0.4) is 0 Å². The van der Waals surface area contributed by atoms with Gasteiger partial charge in [0.05, 0.1) is 0 Å². The molecule has 4 nitrogen and oxygen atoms in total. The fourth-order valence-corrected chi connectivity index (χ4v) is 0.877. The van der Waals surface area contributed by atoms with Crippen LogP contribution < -0.4 is 34.3 Å². The standard InChI is InChI=1S/C5H13NO3S.Na/c1-3-5(2)4-6-10(7,8)9;/h5-6H,3-4H2,1-2H3,(H,7,8,9);/q;+1/p-1. The molecule has 0 heterocycles. The van der Waals surface area contributed by atoms with Crippen LogP contribution in [0.4, 0.5) is 0 Å². The van der Waals surface area contributed by atoms with Crippen LogP contribution in [0.2, 0.25) is 0 Å². The summed E-state index contributed by atoms with van der Waals surface area (Å²) in [4.78, 5) is 0. The summed E-state index contributed by atoms with van der Waals surface area (Å²) in [6, 6.07) is 0. The summed E-state index contributed by atoms with van der Waals surface area (Å²) in [5.74, 6) is 0.226. The molecule has 11 heavy (non-hydrogen) atoms. The third-order valence-electron chi connectivity index (χ3n) is 1.31. The topological polar surface area (TPSA) is 69.2 Å². The summed E-state index contributed by atoms with van der Waals surface area (Å²) in [5, 5.41) is 0. The van der Waals surface area contributed by atoms with Crippen molar-refractivity contribution in [2.24, 2.45) is 5.92 Å². The quantitative estimate of drug-likeness (QED) is 0.380. The van der Waals surface area contributed by atoms with Gasteiger partial charge in [-0.05, 0) is 5.92 Å². The van der Waals surface area contributed by atoms with Crippen molar-refractivity contribution >= 4 is 10.3 Å². The summed E-state index contributed by atoms with van der Waals surface area (Å²) in [6.07, 6.45) is 0.864. The smallest absolute Gasteiger partial charge is 0.735 e. The van der Waals surface area contributed by atoms with Crippen LogP contribution in [0.15, 0.2) is 0 Å². The second-order valence-electron chi connectivity index (χ2n) is 2.32. The fourth-order valence-electron chi connectivity index (χ4n) is 0.389. The molecule has 0 spiro atoms. The van der Waals surface area contributed by atoms with Crippen LogP contribution in [0.1, 0.15) is 20.3 Å². The third kappa shape index (κ3) is 10.9. The van der Waals surface area contributed by atoms with Crippen molar-refractivity contribution in [2.45, 2.75) is 20.3 Å². The second kappa shape index (κ2) is 6.39. The Morgan fingerprint density at radius 1 is 1.55 bits per heavy atom. The van der Waals surface area contributed by atoms with E-state index in [4.69, 9.17) is 0 Å². The zero-order valence-corrected chi connectivity index (χ0v) is 9.94. The molecule has 6 heteroatoms. The van der Waals surface area contributed by atoms with Gasteiger partial charge in [0, 0.05) is 6.54 Å². The molecule has 0 aromatic rings. The predicted molar refractivity (Wildman–Crippen MR) is 37.2 cm³/mol. The Kier molecular flexibility index (Phi) is 8.37. The van der Waals surface area contributed by atoms with Gasteiger partial charge in [0.1, 0.15) is 0 Å². The molecule has 0 saturated heterocycles. The molecule has 0 aromatic heterocycles. The number of nitrogens with one attached hydrogen (secondary N) is 1. The van der Waals surface area contributed by atoms with Crippen molar-refractivity contribution in [1.29, 1.82) is 0 Å². The molecule has 1 N–H and O–H groups in total. The molecule has 0 amide bonds. The number of rotatable bonds is 4. The summed E-state index contributed by atoms with van der Waals surface area (Å²) in [7, 11) is -4.23. The Balaban J connectivity index is 0. The average molecular weight is 189 g/mol. The van der Waals surface area contributed by atoms with E-state index in [-0.39, 0.29) is 42.0 Å². The van der Waals surface area contributed by atoms with Crippen molar-refractivity contribution in [3.8, 4) is 0 Å². The van der Waals surface area contributed by atoms with Gasteiger partial charge in [0.2, 0.25) is 0 Å². The van der Waals surface area contributed by atoms with Crippen molar-refractivity contribution in [1.82, 2.24) is 4.72 Å². The van der Waals surface area contributed by atoms with Crippen molar-refractivity contribution in [3.63, 3.8) is 0 Å². The minimum Gasteiger partial charge on any atom is -0.735 e. The molecule has 0 aromatic carbocycles. The normalized spacial score (nSPS) is 13.7. The molecule has 0 fully saturated rings. The Hall–Kier alpha value is 0.870. The van der Waals surface area contributed by atoms with Gasteiger partial charge in [0.25, 0.3) is 0 Å². The summed E-state index contributed by atoms with van der Waals surface area (Å²) < 4.78 is 31.8. The van der Waals surface area contributed by atoms with Crippen LogP contribution in [-0.2, 0) is 10.3 Å². The maximum atomic E-state index is 9.98. The molecule has 0 aliphatic rings. The molecule has 1 unspecified atom stereocenters. The molecule has 0 bridgehead atoms. The SMILES string of the molecule is CCC(C)CNS(=O)(=O)[O-].[Na+]. The van der Waals surface area contributed by atoms with E-state index in [1.807, 2.05) is 18.6 Å². The van der Waals surface area contributed by atoms with E-state index in [2.05, 4.69) is 0 Å². The van der Waals surface area contributed by atoms with Gasteiger partial charge >= 0.3 is 29.6 Å². The molecule has 0 saturated carbocycles. The minimum absolute atomic E-state index is 0. The Labute approximate surface area is 89.9 Å². The molecule has 62 valence electrons. The third-order valence-corrected chi connectivity index (χ3v) is 1.83.